The molecule has 1 aromatic rings. The van der Waals surface area contributed by atoms with Crippen LogP contribution in [0.3, 0.4) is 0 Å². The molecule has 0 bridgehead atoms. The zero-order chi connectivity index (χ0) is 19.2. The number of benzene rings is 1. The molecule has 0 saturated carbocycles. The average molecular weight is 394 g/mol. The summed E-state index contributed by atoms with van der Waals surface area (Å²) in [5.74, 6) is 1.00. The minimum absolute atomic E-state index is 0.309. The van der Waals surface area contributed by atoms with Crippen molar-refractivity contribution in [1.82, 2.24) is 9.21 Å². The molecule has 2 unspecified atom stereocenters. The molecule has 8 nitrogen and oxygen atoms in total. The molecule has 0 aliphatic carbocycles. The Hall–Kier alpha value is -2.00. The van der Waals surface area contributed by atoms with E-state index in [2.05, 4.69) is 34.1 Å². The molecule has 2 amide bonds. The molecule has 148 valence electrons. The van der Waals surface area contributed by atoms with Crippen molar-refractivity contribution in [2.75, 3.05) is 68.4 Å². The minimum Gasteiger partial charge on any atom is -0.371 e. The minimum atomic E-state index is -3.10. The number of nitrogens with two attached hydrogens (primary N) is 1. The van der Waals surface area contributed by atoms with Gasteiger partial charge in [-0.2, -0.15) is 4.31 Å². The lowest BCUT2D eigenvalue weighted by molar-refractivity contribution is 0.215. The summed E-state index contributed by atoms with van der Waals surface area (Å²) >= 11 is 0. The maximum absolute atomic E-state index is 11.6. The molecule has 1 aromatic carbocycles. The van der Waals surface area contributed by atoms with Gasteiger partial charge in [-0.05, 0) is 24.3 Å². The number of rotatable bonds is 3. The van der Waals surface area contributed by atoms with Gasteiger partial charge in [-0.25, -0.2) is 13.2 Å². The summed E-state index contributed by atoms with van der Waals surface area (Å²) in [7, 11) is -3.10. The first-order chi connectivity index (χ1) is 12.8. The topological polar surface area (TPSA) is 90.2 Å². The highest BCUT2D eigenvalue weighted by Gasteiger charge is 2.41. The molecule has 4 rings (SSSR count). The van der Waals surface area contributed by atoms with Gasteiger partial charge in [0.2, 0.25) is 10.0 Å². The molecule has 2 atom stereocenters. The van der Waals surface area contributed by atoms with Crippen LogP contribution in [-0.2, 0) is 10.0 Å². The monoisotopic (exact) mass is 393 g/mol. The summed E-state index contributed by atoms with van der Waals surface area (Å²) in [6, 6.07) is 8.22. The van der Waals surface area contributed by atoms with Crippen molar-refractivity contribution >= 4 is 27.4 Å². The SMILES string of the molecule is CS(=O)(=O)N1CCN(c2ccc(N3CC4CN(C(N)=O)CC4C3)cc2)CC1. The molecule has 3 fully saturated rings. The number of amides is 2. The first-order valence-corrected chi connectivity index (χ1v) is 11.3. The Bertz CT molecular complexity index is 791. The predicted molar refractivity (Wildman–Crippen MR) is 105 cm³/mol. The van der Waals surface area contributed by atoms with Crippen LogP contribution >= 0.6 is 0 Å². The zero-order valence-corrected chi connectivity index (χ0v) is 16.4. The van der Waals surface area contributed by atoms with Gasteiger partial charge in [-0.15, -0.1) is 0 Å². The highest BCUT2D eigenvalue weighted by molar-refractivity contribution is 7.88. The molecule has 0 aromatic heterocycles. The zero-order valence-electron chi connectivity index (χ0n) is 15.6. The van der Waals surface area contributed by atoms with E-state index in [0.717, 1.165) is 31.9 Å². The van der Waals surface area contributed by atoms with Crippen LogP contribution in [0.15, 0.2) is 24.3 Å². The van der Waals surface area contributed by atoms with Gasteiger partial charge < -0.3 is 20.4 Å². The van der Waals surface area contributed by atoms with Gasteiger partial charge >= 0.3 is 6.03 Å². The summed E-state index contributed by atoms with van der Waals surface area (Å²) in [5.41, 5.74) is 7.73. The molecule has 3 aliphatic heterocycles. The molecule has 0 spiro atoms. The number of carbonyl (C=O) groups excluding carboxylic acids is 1. The summed E-state index contributed by atoms with van der Waals surface area (Å²) in [6.07, 6.45) is 1.27. The Morgan fingerprint density at radius 2 is 1.37 bits per heavy atom. The number of primary amides is 1. The van der Waals surface area contributed by atoms with Crippen molar-refractivity contribution in [2.45, 2.75) is 0 Å². The van der Waals surface area contributed by atoms with Crippen LogP contribution in [-0.4, -0.2) is 82.3 Å². The van der Waals surface area contributed by atoms with E-state index in [1.54, 1.807) is 4.90 Å². The van der Waals surface area contributed by atoms with Crippen LogP contribution < -0.4 is 15.5 Å². The average Bonchev–Trinajstić information content (AvgIpc) is 3.20. The molecule has 27 heavy (non-hydrogen) atoms. The molecule has 2 N–H and O–H groups in total. The van der Waals surface area contributed by atoms with Gasteiger partial charge in [0.15, 0.2) is 0 Å². The van der Waals surface area contributed by atoms with Crippen molar-refractivity contribution < 1.29 is 13.2 Å². The molecule has 3 saturated heterocycles. The number of nitrogens with zero attached hydrogens (tertiary/aromatic N) is 4. The Balaban J connectivity index is 1.35. The van der Waals surface area contributed by atoms with Crippen LogP contribution in [0.1, 0.15) is 0 Å². The number of piperazine rings is 1. The van der Waals surface area contributed by atoms with E-state index < -0.39 is 10.0 Å². The highest BCUT2D eigenvalue weighted by Crippen LogP contribution is 2.34. The van der Waals surface area contributed by atoms with Crippen molar-refractivity contribution in [1.29, 1.82) is 0 Å². The van der Waals surface area contributed by atoms with Crippen LogP contribution in [0.5, 0.6) is 0 Å². The van der Waals surface area contributed by atoms with Crippen molar-refractivity contribution in [3.8, 4) is 0 Å². The van der Waals surface area contributed by atoms with E-state index in [4.69, 9.17) is 5.73 Å². The Morgan fingerprint density at radius 1 is 0.889 bits per heavy atom. The third-order valence-corrected chi connectivity index (χ3v) is 7.39. The van der Waals surface area contributed by atoms with Crippen LogP contribution in [0, 0.1) is 11.8 Å². The van der Waals surface area contributed by atoms with Gasteiger partial charge in [0.25, 0.3) is 0 Å². The van der Waals surface area contributed by atoms with Crippen LogP contribution in [0.2, 0.25) is 0 Å². The second-order valence-corrected chi connectivity index (χ2v) is 9.82. The quantitative estimate of drug-likeness (QED) is 0.793. The fraction of sp³-hybridized carbons (Fsp3) is 0.611. The van der Waals surface area contributed by atoms with Crippen LogP contribution in [0.25, 0.3) is 0 Å². The van der Waals surface area contributed by atoms with Gasteiger partial charge in [-0.3, -0.25) is 0 Å². The molecule has 3 heterocycles. The number of urea groups is 1. The summed E-state index contributed by atoms with van der Waals surface area (Å²) in [6.45, 7) is 5.94. The normalized spacial score (nSPS) is 26.5. The van der Waals surface area contributed by atoms with Crippen molar-refractivity contribution in [3.63, 3.8) is 0 Å². The largest absolute Gasteiger partial charge is 0.371 e. The lowest BCUT2D eigenvalue weighted by Crippen LogP contribution is -2.48. The second-order valence-electron chi connectivity index (χ2n) is 7.83. The molecule has 3 aliphatic rings. The number of carbonyl (C=O) groups is 1. The summed E-state index contributed by atoms with van der Waals surface area (Å²) in [5, 5.41) is 0. The smallest absolute Gasteiger partial charge is 0.314 e. The maximum Gasteiger partial charge on any atom is 0.314 e. The van der Waals surface area contributed by atoms with Gasteiger partial charge in [0.05, 0.1) is 6.26 Å². The molecule has 0 radical (unpaired) electrons. The van der Waals surface area contributed by atoms with E-state index in [-0.39, 0.29) is 6.03 Å². The van der Waals surface area contributed by atoms with Crippen LogP contribution in [0.4, 0.5) is 16.2 Å². The predicted octanol–water partition coefficient (Wildman–Crippen LogP) is 0.215. The van der Waals surface area contributed by atoms with Gasteiger partial charge in [0, 0.05) is 75.6 Å². The van der Waals surface area contributed by atoms with Crippen molar-refractivity contribution in [3.05, 3.63) is 24.3 Å². The first-order valence-electron chi connectivity index (χ1n) is 9.41. The second kappa shape index (κ2) is 6.87. The highest BCUT2D eigenvalue weighted by atomic mass is 32.2. The molecular weight excluding hydrogens is 366 g/mol. The van der Waals surface area contributed by atoms with Crippen molar-refractivity contribution in [2.24, 2.45) is 17.6 Å². The molecular formula is C18H27N5O3S. The van der Waals surface area contributed by atoms with Gasteiger partial charge in [-0.1, -0.05) is 0 Å². The number of hydrogen-bond acceptors (Lipinski definition) is 5. The van der Waals surface area contributed by atoms with E-state index in [1.807, 2.05) is 0 Å². The lowest BCUT2D eigenvalue weighted by Gasteiger charge is -2.35. The number of anilines is 2. The van der Waals surface area contributed by atoms with Gasteiger partial charge in [0.1, 0.15) is 0 Å². The van der Waals surface area contributed by atoms with E-state index in [9.17, 15) is 13.2 Å². The molecule has 9 heteroatoms. The summed E-state index contributed by atoms with van der Waals surface area (Å²) in [4.78, 5) is 17.7. The fourth-order valence-electron chi connectivity index (χ4n) is 4.54. The Morgan fingerprint density at radius 3 is 1.81 bits per heavy atom. The Kier molecular flexibility index (Phi) is 4.67. The Labute approximate surface area is 160 Å². The standard InChI is InChI=1S/C18H27N5O3S/c1-27(25,26)23-8-6-20(7-9-23)16-2-4-17(5-3-16)21-10-14-12-22(18(19)24)13-15(14)11-21/h2-5,14-15H,6-13H2,1H3,(H2,19,24). The first kappa shape index (κ1) is 18.4. The lowest BCUT2D eigenvalue weighted by atomic mass is 10.0. The van der Waals surface area contributed by atoms with E-state index >= 15 is 0 Å². The van der Waals surface area contributed by atoms with E-state index in [0.29, 0.717) is 38.0 Å². The number of fused-ring (bicyclic) bond motifs is 1. The fourth-order valence-corrected chi connectivity index (χ4v) is 5.36. The number of sulfonamides is 1. The maximum atomic E-state index is 11.6. The number of hydrogen-bond donors (Lipinski definition) is 1. The third kappa shape index (κ3) is 3.70. The third-order valence-electron chi connectivity index (χ3n) is 6.09. The summed E-state index contributed by atoms with van der Waals surface area (Å²) < 4.78 is 24.8. The van der Waals surface area contributed by atoms with E-state index in [1.165, 1.54) is 16.2 Å². The number of likely N-dealkylation sites (tertiary alicyclic amines) is 1.